The highest BCUT2D eigenvalue weighted by atomic mass is 16.5. The maximum absolute atomic E-state index is 11.9. The molecule has 1 aromatic heterocycles. The van der Waals surface area contributed by atoms with Crippen LogP contribution in [0.4, 0.5) is 0 Å². The molecule has 0 fully saturated rings. The molecule has 0 aliphatic rings. The van der Waals surface area contributed by atoms with Crippen LogP contribution >= 0.6 is 0 Å². The minimum Gasteiger partial charge on any atom is -0.384 e. The Balaban J connectivity index is 2.60. The van der Waals surface area contributed by atoms with Gasteiger partial charge in [-0.05, 0) is 18.1 Å². The van der Waals surface area contributed by atoms with E-state index in [-0.39, 0.29) is 5.56 Å². The molecule has 0 unspecified atom stereocenters. The van der Waals surface area contributed by atoms with Gasteiger partial charge in [-0.15, -0.1) is 0 Å². The van der Waals surface area contributed by atoms with E-state index in [1.54, 1.807) is 25.3 Å². The van der Waals surface area contributed by atoms with Crippen molar-refractivity contribution < 1.29 is 4.74 Å². The molecular weight excluding hydrogens is 258 g/mol. The van der Waals surface area contributed by atoms with Gasteiger partial charge in [0.05, 0.1) is 12.3 Å². The number of hydrogen-bond acceptors (Lipinski definition) is 4. The summed E-state index contributed by atoms with van der Waals surface area (Å²) in [4.78, 5) is 25.4. The Labute approximate surface area is 114 Å². The largest absolute Gasteiger partial charge is 0.384 e. The zero-order chi connectivity index (χ0) is 14.5. The molecule has 0 saturated heterocycles. The molecule has 6 nitrogen and oxygen atoms in total. The van der Waals surface area contributed by atoms with Gasteiger partial charge in [-0.1, -0.05) is 18.2 Å². The van der Waals surface area contributed by atoms with E-state index in [2.05, 4.69) is 4.98 Å². The third-order valence-corrected chi connectivity index (χ3v) is 2.89. The van der Waals surface area contributed by atoms with Crippen LogP contribution in [0.25, 0.3) is 5.69 Å². The van der Waals surface area contributed by atoms with Crippen LogP contribution in [0.3, 0.4) is 0 Å². The smallest absolute Gasteiger partial charge is 0.332 e. The summed E-state index contributed by atoms with van der Waals surface area (Å²) in [6, 6.07) is 9.04. The quantitative estimate of drug-likeness (QED) is 0.881. The Morgan fingerprint density at radius 2 is 2.10 bits per heavy atom. The molecule has 20 heavy (non-hydrogen) atoms. The lowest BCUT2D eigenvalue weighted by molar-refractivity contribution is 0.202. The van der Waals surface area contributed by atoms with E-state index < -0.39 is 11.2 Å². The fourth-order valence-corrected chi connectivity index (χ4v) is 1.90. The van der Waals surface area contributed by atoms with Crippen LogP contribution in [-0.4, -0.2) is 23.3 Å². The molecule has 0 bridgehead atoms. The van der Waals surface area contributed by atoms with Crippen LogP contribution in [-0.2, 0) is 11.2 Å². The number of aromatic amines is 1. The fraction of sp³-hybridized carbons (Fsp3) is 0.214. The predicted molar refractivity (Wildman–Crippen MR) is 73.0 cm³/mol. The third-order valence-electron chi connectivity index (χ3n) is 2.89. The van der Waals surface area contributed by atoms with Gasteiger partial charge >= 0.3 is 5.69 Å². The minimum absolute atomic E-state index is 0.105. The van der Waals surface area contributed by atoms with Crippen LogP contribution < -0.4 is 11.2 Å². The van der Waals surface area contributed by atoms with Crippen molar-refractivity contribution in [3.63, 3.8) is 0 Å². The highest BCUT2D eigenvalue weighted by molar-refractivity contribution is 5.42. The van der Waals surface area contributed by atoms with Crippen molar-refractivity contribution >= 4 is 0 Å². The SMILES string of the molecule is COCCc1ccccc1-n1cc(C#N)c(=O)[nH]c1=O. The van der Waals surface area contributed by atoms with Gasteiger partial charge in [-0.3, -0.25) is 14.3 Å². The van der Waals surface area contributed by atoms with E-state index >= 15 is 0 Å². The number of ether oxygens (including phenoxy) is 1. The second-order valence-electron chi connectivity index (χ2n) is 4.16. The topological polar surface area (TPSA) is 87.9 Å². The van der Waals surface area contributed by atoms with Crippen LogP contribution in [0.5, 0.6) is 0 Å². The van der Waals surface area contributed by atoms with E-state index in [9.17, 15) is 9.59 Å². The Kier molecular flexibility index (Phi) is 4.13. The van der Waals surface area contributed by atoms with Crippen molar-refractivity contribution in [2.45, 2.75) is 6.42 Å². The van der Waals surface area contributed by atoms with Crippen molar-refractivity contribution in [2.24, 2.45) is 0 Å². The lowest BCUT2D eigenvalue weighted by Gasteiger charge is -2.11. The lowest BCUT2D eigenvalue weighted by Crippen LogP contribution is -2.30. The number of para-hydroxylation sites is 1. The Morgan fingerprint density at radius 1 is 1.35 bits per heavy atom. The minimum atomic E-state index is -0.678. The molecule has 0 aliphatic carbocycles. The molecule has 0 saturated carbocycles. The number of nitrogens with zero attached hydrogens (tertiary/aromatic N) is 2. The molecule has 0 radical (unpaired) electrons. The molecule has 0 atom stereocenters. The van der Waals surface area contributed by atoms with Crippen molar-refractivity contribution in [3.8, 4) is 11.8 Å². The standard InChI is InChI=1S/C14H13N3O3/c1-20-7-6-10-4-2-3-5-12(10)17-9-11(8-15)13(18)16-14(17)19/h2-5,9H,6-7H2,1H3,(H,16,18,19). The van der Waals surface area contributed by atoms with Gasteiger partial charge in [-0.2, -0.15) is 5.26 Å². The Bertz CT molecular complexity index is 768. The number of nitrogens with one attached hydrogen (secondary N) is 1. The van der Waals surface area contributed by atoms with Gasteiger partial charge in [0.2, 0.25) is 0 Å². The molecule has 1 aromatic carbocycles. The average molecular weight is 271 g/mol. The van der Waals surface area contributed by atoms with Gasteiger partial charge in [0.25, 0.3) is 5.56 Å². The molecule has 1 heterocycles. The predicted octanol–water partition coefficient (Wildman–Crippen LogP) is 0.586. The first-order valence-electron chi connectivity index (χ1n) is 6.00. The van der Waals surface area contributed by atoms with Crippen LogP contribution in [0.15, 0.2) is 40.1 Å². The van der Waals surface area contributed by atoms with Crippen LogP contribution in [0.2, 0.25) is 0 Å². The molecule has 2 aromatic rings. The monoisotopic (exact) mass is 271 g/mol. The number of methoxy groups -OCH3 is 1. The summed E-state index contributed by atoms with van der Waals surface area (Å²) >= 11 is 0. The van der Waals surface area contributed by atoms with E-state index in [0.29, 0.717) is 18.7 Å². The third kappa shape index (κ3) is 2.68. The number of H-pyrrole nitrogens is 1. The van der Waals surface area contributed by atoms with Crippen LogP contribution in [0.1, 0.15) is 11.1 Å². The maximum Gasteiger partial charge on any atom is 0.332 e. The first-order valence-corrected chi connectivity index (χ1v) is 6.00. The van der Waals surface area contributed by atoms with Gasteiger partial charge in [0.15, 0.2) is 0 Å². The Morgan fingerprint density at radius 3 is 2.80 bits per heavy atom. The van der Waals surface area contributed by atoms with E-state index in [1.807, 2.05) is 12.1 Å². The van der Waals surface area contributed by atoms with Crippen molar-refractivity contribution in [1.82, 2.24) is 9.55 Å². The molecule has 6 heteroatoms. The van der Waals surface area contributed by atoms with Gasteiger partial charge < -0.3 is 4.74 Å². The summed E-state index contributed by atoms with van der Waals surface area (Å²) in [7, 11) is 1.60. The van der Waals surface area contributed by atoms with Crippen LogP contribution in [0, 0.1) is 11.3 Å². The molecular formula is C14H13N3O3. The maximum atomic E-state index is 11.9. The number of benzene rings is 1. The number of hydrogen-bond donors (Lipinski definition) is 1. The summed E-state index contributed by atoms with van der Waals surface area (Å²) in [6.45, 7) is 0.514. The van der Waals surface area contributed by atoms with E-state index in [0.717, 1.165) is 5.56 Å². The zero-order valence-corrected chi connectivity index (χ0v) is 10.9. The summed E-state index contributed by atoms with van der Waals surface area (Å²) in [6.07, 6.45) is 1.88. The van der Waals surface area contributed by atoms with Crippen molar-refractivity contribution in [3.05, 3.63) is 62.4 Å². The van der Waals surface area contributed by atoms with Gasteiger partial charge in [-0.25, -0.2) is 4.79 Å². The van der Waals surface area contributed by atoms with E-state index in [4.69, 9.17) is 10.00 Å². The van der Waals surface area contributed by atoms with Crippen molar-refractivity contribution in [1.29, 1.82) is 5.26 Å². The molecule has 0 aliphatic heterocycles. The summed E-state index contributed by atoms with van der Waals surface area (Å²) in [5.74, 6) is 0. The summed E-state index contributed by atoms with van der Waals surface area (Å²) in [5, 5.41) is 8.89. The second-order valence-corrected chi connectivity index (χ2v) is 4.16. The first-order chi connectivity index (χ1) is 9.67. The Hall–Kier alpha value is -2.65. The molecule has 1 N–H and O–H groups in total. The van der Waals surface area contributed by atoms with E-state index in [1.165, 1.54) is 10.8 Å². The lowest BCUT2D eigenvalue weighted by atomic mass is 10.1. The number of nitriles is 1. The number of rotatable bonds is 4. The first kappa shape index (κ1) is 13.8. The summed E-state index contributed by atoms with van der Waals surface area (Å²) in [5.41, 5.74) is 0.169. The molecule has 0 spiro atoms. The normalized spacial score (nSPS) is 10.2. The number of aromatic nitrogens is 2. The highest BCUT2D eigenvalue weighted by Gasteiger charge is 2.09. The molecule has 0 amide bonds. The van der Waals surface area contributed by atoms with Gasteiger partial charge in [0, 0.05) is 13.3 Å². The second kappa shape index (κ2) is 5.99. The van der Waals surface area contributed by atoms with Crippen molar-refractivity contribution in [2.75, 3.05) is 13.7 Å². The van der Waals surface area contributed by atoms with Gasteiger partial charge in [0.1, 0.15) is 11.6 Å². The highest BCUT2D eigenvalue weighted by Crippen LogP contribution is 2.13. The molecule has 2 rings (SSSR count). The molecule has 102 valence electrons. The zero-order valence-electron chi connectivity index (χ0n) is 10.9. The average Bonchev–Trinajstić information content (AvgIpc) is 2.46. The summed E-state index contributed by atoms with van der Waals surface area (Å²) < 4.78 is 6.30. The fourth-order valence-electron chi connectivity index (χ4n) is 1.90.